The number of halogens is 1. The Balaban J connectivity index is 0.00000144. The van der Waals surface area contributed by atoms with Crippen molar-refractivity contribution < 1.29 is 0 Å². The van der Waals surface area contributed by atoms with Crippen LogP contribution in [0.2, 0.25) is 0 Å². The van der Waals surface area contributed by atoms with Gasteiger partial charge < -0.3 is 5.32 Å². The average Bonchev–Trinajstić information content (AvgIpc) is 2.55. The third kappa shape index (κ3) is 2.47. The fourth-order valence-electron chi connectivity index (χ4n) is 2.56. The van der Waals surface area contributed by atoms with Gasteiger partial charge in [0.1, 0.15) is 0 Å². The van der Waals surface area contributed by atoms with Crippen molar-refractivity contribution in [3.63, 3.8) is 0 Å². The van der Waals surface area contributed by atoms with Crippen LogP contribution in [0.5, 0.6) is 0 Å². The van der Waals surface area contributed by atoms with Gasteiger partial charge in [0.2, 0.25) is 0 Å². The number of benzene rings is 2. The minimum atomic E-state index is 0. The molecule has 0 amide bonds. The first-order valence-corrected chi connectivity index (χ1v) is 6.86. The highest BCUT2D eigenvalue weighted by atomic mass is 35.5. The van der Waals surface area contributed by atoms with Gasteiger partial charge in [-0.15, -0.1) is 12.4 Å². The van der Waals surface area contributed by atoms with Crippen molar-refractivity contribution in [1.29, 1.82) is 0 Å². The van der Waals surface area contributed by atoms with E-state index < -0.39 is 0 Å². The lowest BCUT2D eigenvalue weighted by molar-refractivity contribution is 1.32. The lowest BCUT2D eigenvalue weighted by Crippen LogP contribution is -1.95. The zero-order valence-electron chi connectivity index (χ0n) is 11.7. The second-order valence-electron chi connectivity index (χ2n) is 4.89. The summed E-state index contributed by atoms with van der Waals surface area (Å²) in [5.41, 5.74) is 4.02. The largest absolute Gasteiger partial charge is 0.353 e. The molecule has 0 radical (unpaired) electrons. The molecule has 0 aliphatic carbocycles. The molecule has 0 saturated heterocycles. The van der Waals surface area contributed by atoms with E-state index in [2.05, 4.69) is 22.4 Å². The van der Waals surface area contributed by atoms with Crippen LogP contribution in [0.25, 0.3) is 21.8 Å². The zero-order chi connectivity index (χ0) is 14.1. The third-order valence-electron chi connectivity index (χ3n) is 3.52. The van der Waals surface area contributed by atoms with Gasteiger partial charge in [0.25, 0.3) is 0 Å². The number of nitrogens with one attached hydrogen (secondary N) is 1. The number of pyridine rings is 2. The van der Waals surface area contributed by atoms with E-state index in [9.17, 15) is 0 Å². The summed E-state index contributed by atoms with van der Waals surface area (Å²) in [7, 11) is 0. The molecule has 1 N–H and O–H groups in total. The Hall–Kier alpha value is -2.65. The summed E-state index contributed by atoms with van der Waals surface area (Å²) in [5.74, 6) is 0. The fourth-order valence-corrected chi connectivity index (χ4v) is 2.56. The number of fused-ring (bicyclic) bond motifs is 2. The Kier molecular flexibility index (Phi) is 3.90. The van der Waals surface area contributed by atoms with Crippen molar-refractivity contribution in [2.24, 2.45) is 0 Å². The van der Waals surface area contributed by atoms with Gasteiger partial charge in [-0.05, 0) is 24.3 Å². The third-order valence-corrected chi connectivity index (χ3v) is 3.52. The molecule has 22 heavy (non-hydrogen) atoms. The van der Waals surface area contributed by atoms with E-state index in [1.807, 2.05) is 54.7 Å². The minimum Gasteiger partial charge on any atom is -0.353 e. The highest BCUT2D eigenvalue weighted by Crippen LogP contribution is 2.32. The second-order valence-corrected chi connectivity index (χ2v) is 4.89. The Morgan fingerprint density at radius 3 is 1.95 bits per heavy atom. The Morgan fingerprint density at radius 2 is 1.36 bits per heavy atom. The predicted octanol–water partition coefficient (Wildman–Crippen LogP) is 4.95. The summed E-state index contributed by atoms with van der Waals surface area (Å²) in [6.45, 7) is 0. The Morgan fingerprint density at radius 1 is 0.727 bits per heavy atom. The summed E-state index contributed by atoms with van der Waals surface area (Å²) in [4.78, 5) is 8.89. The molecule has 0 fully saturated rings. The number of anilines is 2. The van der Waals surface area contributed by atoms with Crippen LogP contribution in [0.3, 0.4) is 0 Å². The van der Waals surface area contributed by atoms with Gasteiger partial charge in [-0.25, -0.2) is 4.98 Å². The molecule has 0 unspecified atom stereocenters. The molecule has 0 saturated carbocycles. The predicted molar refractivity (Wildman–Crippen MR) is 94.0 cm³/mol. The van der Waals surface area contributed by atoms with Crippen LogP contribution < -0.4 is 5.32 Å². The van der Waals surface area contributed by atoms with Gasteiger partial charge in [-0.1, -0.05) is 36.4 Å². The molecule has 2 heterocycles. The topological polar surface area (TPSA) is 37.8 Å². The van der Waals surface area contributed by atoms with Crippen molar-refractivity contribution in [3.8, 4) is 0 Å². The van der Waals surface area contributed by atoms with Gasteiger partial charge >= 0.3 is 0 Å². The fraction of sp³-hybridized carbons (Fsp3) is 0. The van der Waals surface area contributed by atoms with Gasteiger partial charge in [-0.3, -0.25) is 4.98 Å². The van der Waals surface area contributed by atoms with Crippen LogP contribution in [-0.2, 0) is 0 Å². The van der Waals surface area contributed by atoms with E-state index >= 15 is 0 Å². The molecule has 0 aliphatic rings. The molecule has 4 heteroatoms. The van der Waals surface area contributed by atoms with E-state index in [0.29, 0.717) is 0 Å². The molecule has 4 aromatic rings. The molecular formula is C18H14ClN3. The van der Waals surface area contributed by atoms with Crippen molar-refractivity contribution in [1.82, 2.24) is 9.97 Å². The first-order valence-electron chi connectivity index (χ1n) is 6.86. The zero-order valence-corrected chi connectivity index (χ0v) is 12.5. The van der Waals surface area contributed by atoms with Crippen molar-refractivity contribution in [3.05, 3.63) is 73.1 Å². The quantitative estimate of drug-likeness (QED) is 0.532. The van der Waals surface area contributed by atoms with E-state index in [-0.39, 0.29) is 12.4 Å². The maximum atomic E-state index is 4.72. The minimum absolute atomic E-state index is 0. The number of nitrogens with zero attached hydrogens (tertiary/aromatic N) is 2. The lowest BCUT2D eigenvalue weighted by Gasteiger charge is -2.12. The summed E-state index contributed by atoms with van der Waals surface area (Å²) in [6.07, 6.45) is 3.60. The summed E-state index contributed by atoms with van der Waals surface area (Å²) in [6, 6.07) is 20.3. The molecule has 2 aromatic carbocycles. The van der Waals surface area contributed by atoms with E-state index in [4.69, 9.17) is 4.98 Å². The van der Waals surface area contributed by atoms with E-state index in [1.54, 1.807) is 6.20 Å². The van der Waals surface area contributed by atoms with Gasteiger partial charge in [-0.2, -0.15) is 0 Å². The number of aromatic nitrogens is 2. The standard InChI is InChI=1S/C18H13N3.ClH/c1-3-9-16-14(7-1)18(20-13-6-5-11-19-12-13)15-8-2-4-10-17(15)21-16;/h1-12H,(H,20,21);1H. The molecule has 0 atom stereocenters. The van der Waals surface area contributed by atoms with Crippen molar-refractivity contribution in [2.75, 3.05) is 5.32 Å². The van der Waals surface area contributed by atoms with E-state index in [1.165, 1.54) is 0 Å². The number of rotatable bonds is 2. The average molecular weight is 308 g/mol. The van der Waals surface area contributed by atoms with Crippen molar-refractivity contribution >= 4 is 45.6 Å². The van der Waals surface area contributed by atoms with Crippen LogP contribution in [0.1, 0.15) is 0 Å². The molecule has 0 bridgehead atoms. The number of hydrogen-bond donors (Lipinski definition) is 1. The SMILES string of the molecule is Cl.c1cncc(Nc2c3ccccc3nc3ccccc23)c1. The van der Waals surface area contributed by atoms with Gasteiger partial charge in [0.05, 0.1) is 28.6 Å². The lowest BCUT2D eigenvalue weighted by atomic mass is 10.1. The van der Waals surface area contributed by atoms with Crippen LogP contribution in [-0.4, -0.2) is 9.97 Å². The van der Waals surface area contributed by atoms with Crippen LogP contribution >= 0.6 is 12.4 Å². The second kappa shape index (κ2) is 6.00. The molecule has 0 spiro atoms. The van der Waals surface area contributed by atoms with Crippen molar-refractivity contribution in [2.45, 2.75) is 0 Å². The summed E-state index contributed by atoms with van der Waals surface area (Å²) >= 11 is 0. The number of hydrogen-bond acceptors (Lipinski definition) is 3. The van der Waals surface area contributed by atoms with Crippen LogP contribution in [0.15, 0.2) is 73.1 Å². The Labute approximate surface area is 134 Å². The summed E-state index contributed by atoms with van der Waals surface area (Å²) in [5, 5.41) is 5.71. The molecule has 3 nitrogen and oxygen atoms in total. The van der Waals surface area contributed by atoms with Gasteiger partial charge in [0, 0.05) is 17.0 Å². The normalized spacial score (nSPS) is 10.4. The highest BCUT2D eigenvalue weighted by molar-refractivity contribution is 6.08. The molecule has 2 aromatic heterocycles. The highest BCUT2D eigenvalue weighted by Gasteiger charge is 2.08. The maximum Gasteiger partial charge on any atom is 0.0730 e. The first kappa shape index (κ1) is 14.3. The van der Waals surface area contributed by atoms with Crippen LogP contribution in [0, 0.1) is 0 Å². The first-order chi connectivity index (χ1) is 10.4. The monoisotopic (exact) mass is 307 g/mol. The molecule has 108 valence electrons. The summed E-state index contributed by atoms with van der Waals surface area (Å²) < 4.78 is 0. The molecule has 0 aliphatic heterocycles. The number of para-hydroxylation sites is 2. The Bertz CT molecular complexity index is 869. The molecule has 4 rings (SSSR count). The maximum absolute atomic E-state index is 4.72. The van der Waals surface area contributed by atoms with Crippen LogP contribution in [0.4, 0.5) is 11.4 Å². The van der Waals surface area contributed by atoms with E-state index in [0.717, 1.165) is 33.2 Å². The smallest absolute Gasteiger partial charge is 0.0730 e. The van der Waals surface area contributed by atoms with Gasteiger partial charge in [0.15, 0.2) is 0 Å². The molecular weight excluding hydrogens is 294 g/mol.